The quantitative estimate of drug-likeness (QED) is 0.571. The number of carbonyl (C=O) groups is 1. The average molecular weight is 286 g/mol. The fourth-order valence-electron chi connectivity index (χ4n) is 2.27. The molecule has 6 heteroatoms. The molecule has 2 heterocycles. The zero-order chi connectivity index (χ0) is 14.1. The Kier molecular flexibility index (Phi) is 3.31. The molecule has 0 aliphatic heterocycles. The maximum Gasteiger partial charge on any atom is 0.184 e. The second-order valence-electron chi connectivity index (χ2n) is 4.59. The van der Waals surface area contributed by atoms with Gasteiger partial charge in [-0.3, -0.25) is 9.89 Å². The van der Waals surface area contributed by atoms with Crippen LogP contribution in [0.3, 0.4) is 0 Å². The smallest absolute Gasteiger partial charge is 0.184 e. The van der Waals surface area contributed by atoms with Crippen molar-refractivity contribution in [1.82, 2.24) is 20.2 Å². The van der Waals surface area contributed by atoms with Gasteiger partial charge in [0.25, 0.3) is 0 Å². The lowest BCUT2D eigenvalue weighted by Crippen LogP contribution is -2.14. The number of aromatic nitrogens is 4. The van der Waals surface area contributed by atoms with E-state index in [0.29, 0.717) is 5.16 Å². The van der Waals surface area contributed by atoms with Gasteiger partial charge in [0.15, 0.2) is 10.9 Å². The van der Waals surface area contributed by atoms with Crippen molar-refractivity contribution < 1.29 is 4.79 Å². The Morgan fingerprint density at radius 1 is 1.35 bits per heavy atom. The molecule has 1 unspecified atom stereocenters. The van der Waals surface area contributed by atoms with E-state index in [2.05, 4.69) is 20.2 Å². The summed E-state index contributed by atoms with van der Waals surface area (Å²) in [4.78, 5) is 20.0. The van der Waals surface area contributed by atoms with Gasteiger partial charge in [-0.1, -0.05) is 30.0 Å². The van der Waals surface area contributed by atoms with Gasteiger partial charge in [-0.2, -0.15) is 5.10 Å². The van der Waals surface area contributed by atoms with Crippen LogP contribution in [0.5, 0.6) is 0 Å². The predicted molar refractivity (Wildman–Crippen MR) is 79.1 cm³/mol. The molecular weight excluding hydrogens is 272 g/mol. The van der Waals surface area contributed by atoms with E-state index in [0.717, 1.165) is 22.2 Å². The number of benzene rings is 1. The molecule has 3 rings (SSSR count). The molecule has 2 aromatic heterocycles. The number of hydrogen-bond donors (Lipinski definition) is 2. The van der Waals surface area contributed by atoms with Gasteiger partial charge in [0.05, 0.1) is 5.25 Å². The third-order valence-corrected chi connectivity index (χ3v) is 4.18. The lowest BCUT2D eigenvalue weighted by molar-refractivity contribution is 0.0995. The third-order valence-electron chi connectivity index (χ3n) is 3.19. The molecular formula is C14H14N4OS. The molecule has 0 spiro atoms. The van der Waals surface area contributed by atoms with E-state index in [1.807, 2.05) is 38.1 Å². The van der Waals surface area contributed by atoms with E-state index < -0.39 is 0 Å². The van der Waals surface area contributed by atoms with Gasteiger partial charge in [0, 0.05) is 22.2 Å². The SMILES string of the molecule is Cc1[nH]c2ccccc2c1C(=O)C(C)Sc1ncn[nH]1. The van der Waals surface area contributed by atoms with Crippen LogP contribution in [0.1, 0.15) is 23.0 Å². The van der Waals surface area contributed by atoms with E-state index in [4.69, 9.17) is 0 Å². The van der Waals surface area contributed by atoms with Gasteiger partial charge in [0.2, 0.25) is 0 Å². The van der Waals surface area contributed by atoms with Gasteiger partial charge < -0.3 is 4.98 Å². The number of H-pyrrole nitrogens is 2. The average Bonchev–Trinajstić information content (AvgIpc) is 3.04. The molecule has 0 fully saturated rings. The number of hydrogen-bond acceptors (Lipinski definition) is 4. The summed E-state index contributed by atoms with van der Waals surface area (Å²) in [5.41, 5.74) is 2.66. The first-order valence-corrected chi connectivity index (χ1v) is 7.18. The number of carbonyl (C=O) groups excluding carboxylic acids is 1. The van der Waals surface area contributed by atoms with Crippen molar-refractivity contribution in [3.8, 4) is 0 Å². The predicted octanol–water partition coefficient (Wildman–Crippen LogP) is 2.96. The monoisotopic (exact) mass is 286 g/mol. The summed E-state index contributed by atoms with van der Waals surface area (Å²) < 4.78 is 0. The number of nitrogens with one attached hydrogen (secondary N) is 2. The minimum atomic E-state index is -0.221. The van der Waals surface area contributed by atoms with Gasteiger partial charge in [-0.05, 0) is 19.9 Å². The summed E-state index contributed by atoms with van der Waals surface area (Å²) >= 11 is 1.38. The number of para-hydroxylation sites is 1. The molecule has 20 heavy (non-hydrogen) atoms. The van der Waals surface area contributed by atoms with Crippen LogP contribution in [0.25, 0.3) is 10.9 Å². The van der Waals surface area contributed by atoms with Crippen LogP contribution in [0, 0.1) is 6.92 Å². The van der Waals surface area contributed by atoms with Crippen LogP contribution in [-0.4, -0.2) is 31.2 Å². The van der Waals surface area contributed by atoms with E-state index in [-0.39, 0.29) is 11.0 Å². The van der Waals surface area contributed by atoms with Crippen LogP contribution < -0.4 is 0 Å². The van der Waals surface area contributed by atoms with Crippen molar-refractivity contribution in [2.75, 3.05) is 0 Å². The van der Waals surface area contributed by atoms with Crippen molar-refractivity contribution in [2.45, 2.75) is 24.3 Å². The van der Waals surface area contributed by atoms with Crippen molar-refractivity contribution in [1.29, 1.82) is 0 Å². The first-order valence-electron chi connectivity index (χ1n) is 6.30. The number of nitrogens with zero attached hydrogens (tertiary/aromatic N) is 2. The summed E-state index contributed by atoms with van der Waals surface area (Å²) in [6.45, 7) is 3.82. The minimum absolute atomic E-state index is 0.0985. The Hall–Kier alpha value is -2.08. The van der Waals surface area contributed by atoms with E-state index >= 15 is 0 Å². The number of ketones is 1. The van der Waals surface area contributed by atoms with Gasteiger partial charge in [-0.15, -0.1) is 0 Å². The Bertz CT molecular complexity index is 748. The Morgan fingerprint density at radius 2 is 2.15 bits per heavy atom. The number of rotatable bonds is 4. The van der Waals surface area contributed by atoms with Gasteiger partial charge >= 0.3 is 0 Å². The maximum absolute atomic E-state index is 12.7. The highest BCUT2D eigenvalue weighted by molar-refractivity contribution is 8.00. The number of aromatic amines is 2. The van der Waals surface area contributed by atoms with E-state index in [9.17, 15) is 4.79 Å². The normalized spacial score (nSPS) is 12.7. The fourth-order valence-corrected chi connectivity index (χ4v) is 3.04. The number of thioether (sulfide) groups is 1. The Morgan fingerprint density at radius 3 is 2.90 bits per heavy atom. The molecule has 3 aromatic rings. The lowest BCUT2D eigenvalue weighted by atomic mass is 10.1. The molecule has 2 N–H and O–H groups in total. The molecule has 102 valence electrons. The molecule has 0 aliphatic carbocycles. The summed E-state index contributed by atoms with van der Waals surface area (Å²) in [5, 5.41) is 7.96. The molecule has 5 nitrogen and oxygen atoms in total. The van der Waals surface area contributed by atoms with Gasteiger partial charge in [-0.25, -0.2) is 4.98 Å². The molecule has 1 atom stereocenters. The lowest BCUT2D eigenvalue weighted by Gasteiger charge is -2.08. The summed E-state index contributed by atoms with van der Waals surface area (Å²) in [6, 6.07) is 7.85. The molecule has 0 saturated carbocycles. The van der Waals surface area contributed by atoms with Crippen molar-refractivity contribution in [2.24, 2.45) is 0 Å². The first-order chi connectivity index (χ1) is 9.66. The number of fused-ring (bicyclic) bond motifs is 1. The molecule has 0 radical (unpaired) electrons. The molecule has 0 aliphatic rings. The molecule has 0 amide bonds. The highest BCUT2D eigenvalue weighted by Crippen LogP contribution is 2.28. The van der Waals surface area contributed by atoms with Crippen molar-refractivity contribution in [3.63, 3.8) is 0 Å². The summed E-state index contributed by atoms with van der Waals surface area (Å²) in [6.07, 6.45) is 1.44. The molecule has 1 aromatic carbocycles. The number of Topliss-reactive ketones (excluding diaryl/α,β-unsaturated/α-hetero) is 1. The van der Waals surface area contributed by atoms with Crippen LogP contribution in [0.4, 0.5) is 0 Å². The molecule has 0 bridgehead atoms. The second kappa shape index (κ2) is 5.13. The Labute approximate surface area is 120 Å². The number of aryl methyl sites for hydroxylation is 1. The van der Waals surface area contributed by atoms with Crippen LogP contribution in [-0.2, 0) is 0 Å². The maximum atomic E-state index is 12.7. The minimum Gasteiger partial charge on any atom is -0.358 e. The largest absolute Gasteiger partial charge is 0.358 e. The topological polar surface area (TPSA) is 74.4 Å². The highest BCUT2D eigenvalue weighted by atomic mass is 32.2. The standard InChI is InChI=1S/C14H14N4OS/c1-8-12(10-5-3-4-6-11(10)17-8)13(19)9(2)20-14-15-7-16-18-14/h3-7,9,17H,1-2H3,(H,15,16,18). The van der Waals surface area contributed by atoms with Crippen LogP contribution in [0.15, 0.2) is 35.7 Å². The van der Waals surface area contributed by atoms with E-state index in [1.54, 1.807) is 0 Å². The molecule has 0 saturated heterocycles. The summed E-state index contributed by atoms with van der Waals surface area (Å²) in [5.74, 6) is 0.0985. The zero-order valence-corrected chi connectivity index (χ0v) is 12.0. The van der Waals surface area contributed by atoms with Crippen LogP contribution >= 0.6 is 11.8 Å². The van der Waals surface area contributed by atoms with Crippen molar-refractivity contribution >= 4 is 28.4 Å². The second-order valence-corrected chi connectivity index (χ2v) is 5.92. The highest BCUT2D eigenvalue weighted by Gasteiger charge is 2.22. The third kappa shape index (κ3) is 2.22. The zero-order valence-electron chi connectivity index (χ0n) is 11.2. The first kappa shape index (κ1) is 12.9. The fraction of sp³-hybridized carbons (Fsp3) is 0.214. The van der Waals surface area contributed by atoms with Gasteiger partial charge in [0.1, 0.15) is 6.33 Å². The van der Waals surface area contributed by atoms with Crippen LogP contribution in [0.2, 0.25) is 0 Å². The van der Waals surface area contributed by atoms with Crippen molar-refractivity contribution in [3.05, 3.63) is 41.9 Å². The summed E-state index contributed by atoms with van der Waals surface area (Å²) in [7, 11) is 0. The van der Waals surface area contributed by atoms with E-state index in [1.165, 1.54) is 18.1 Å². The Balaban J connectivity index is 1.94.